The number of carboxylic acid groups (broad SMARTS) is 1. The lowest BCUT2D eigenvalue weighted by atomic mass is 9.76. The minimum Gasteiger partial charge on any atom is -0.480 e. The molecule has 11 nitrogen and oxygen atoms in total. The van der Waals surface area contributed by atoms with Crippen LogP contribution in [0.1, 0.15) is 65.9 Å². The Labute approximate surface area is 262 Å². The highest BCUT2D eigenvalue weighted by Crippen LogP contribution is 2.34. The number of aliphatic carboxylic acids is 1. The van der Waals surface area contributed by atoms with Crippen LogP contribution in [0.4, 0.5) is 0 Å². The number of hydrogen-bond donors (Lipinski definition) is 4. The molecule has 1 fully saturated rings. The molecule has 0 saturated carbocycles. The Morgan fingerprint density at radius 2 is 1.73 bits per heavy atom. The molecule has 1 aliphatic rings. The molecule has 2 amide bonds. The minimum absolute atomic E-state index is 0.00837. The summed E-state index contributed by atoms with van der Waals surface area (Å²) in [4.78, 5) is 54.8. The van der Waals surface area contributed by atoms with Crippen LogP contribution in [0, 0.1) is 17.8 Å². The molecule has 248 valence electrons. The Kier molecular flexibility index (Phi) is 14.4. The smallest absolute Gasteiger partial charge is 0.326 e. The Morgan fingerprint density at radius 3 is 2.20 bits per heavy atom. The Morgan fingerprint density at radius 1 is 1.09 bits per heavy atom. The van der Waals surface area contributed by atoms with E-state index in [9.17, 15) is 24.3 Å². The van der Waals surface area contributed by atoms with Gasteiger partial charge in [-0.05, 0) is 36.8 Å². The largest absolute Gasteiger partial charge is 0.480 e. The number of carboxylic acids is 1. The molecule has 1 aromatic rings. The van der Waals surface area contributed by atoms with Crippen molar-refractivity contribution >= 4 is 23.6 Å². The summed E-state index contributed by atoms with van der Waals surface area (Å²) in [6.07, 6.45) is 0.472. The third-order valence-corrected chi connectivity index (χ3v) is 9.29. The number of carbonyl (C=O) groups is 4. The zero-order chi connectivity index (χ0) is 33.2. The Bertz CT molecular complexity index is 1090. The van der Waals surface area contributed by atoms with Gasteiger partial charge in [0, 0.05) is 34.1 Å². The van der Waals surface area contributed by atoms with Crippen LogP contribution in [0.25, 0.3) is 0 Å². The summed E-state index contributed by atoms with van der Waals surface area (Å²) < 4.78 is 11.8. The standard InChI is InChI=1S/C33H54N4O7/c1-9-21(4)28(37(6)31(40)27(34)20(2)3)25(43-7)19-26(38)33(16-13-17-35-33)29(44-8)22(5)30(39)36-24(32(41)42)18-23-14-11-10-12-15-23/h10-12,14-15,20-22,24-25,27-29,35H,9,13,16-19,34H2,1-8H3,(H,36,39)(H,41,42)/t21-,22+,24-,25+,27-,28-,29+,33+/m0/s1. The van der Waals surface area contributed by atoms with Gasteiger partial charge < -0.3 is 35.8 Å². The van der Waals surface area contributed by atoms with Gasteiger partial charge in [0.05, 0.1) is 30.2 Å². The molecule has 0 aliphatic carbocycles. The van der Waals surface area contributed by atoms with Gasteiger partial charge in [-0.25, -0.2) is 4.79 Å². The molecular formula is C33H54N4O7. The zero-order valence-corrected chi connectivity index (χ0v) is 27.7. The fraction of sp³-hybridized carbons (Fsp3) is 0.697. The van der Waals surface area contributed by atoms with Crippen LogP contribution in [0.2, 0.25) is 0 Å². The van der Waals surface area contributed by atoms with Gasteiger partial charge in [0.1, 0.15) is 11.6 Å². The summed E-state index contributed by atoms with van der Waals surface area (Å²) in [7, 11) is 4.70. The highest BCUT2D eigenvalue weighted by atomic mass is 16.5. The Balaban J connectivity index is 2.33. The predicted octanol–water partition coefficient (Wildman–Crippen LogP) is 2.40. The average Bonchev–Trinajstić information content (AvgIpc) is 3.50. The molecule has 0 unspecified atom stereocenters. The van der Waals surface area contributed by atoms with E-state index in [1.807, 2.05) is 45.9 Å². The van der Waals surface area contributed by atoms with E-state index in [2.05, 4.69) is 10.6 Å². The van der Waals surface area contributed by atoms with E-state index < -0.39 is 53.7 Å². The lowest BCUT2D eigenvalue weighted by Gasteiger charge is -2.42. The number of ketones is 1. The molecule has 1 saturated heterocycles. The number of nitrogens with one attached hydrogen (secondary N) is 2. The summed E-state index contributed by atoms with van der Waals surface area (Å²) >= 11 is 0. The van der Waals surface area contributed by atoms with E-state index in [1.54, 1.807) is 31.0 Å². The van der Waals surface area contributed by atoms with Crippen LogP contribution in [0.15, 0.2) is 30.3 Å². The van der Waals surface area contributed by atoms with Crippen molar-refractivity contribution in [3.8, 4) is 0 Å². The van der Waals surface area contributed by atoms with E-state index in [0.717, 1.165) is 12.0 Å². The molecule has 0 aromatic heterocycles. The molecule has 2 rings (SSSR count). The molecule has 5 N–H and O–H groups in total. The highest BCUT2D eigenvalue weighted by Gasteiger charge is 2.52. The number of Topliss-reactive ketones (excluding diaryl/α,β-unsaturated/α-hetero) is 1. The van der Waals surface area contributed by atoms with Gasteiger partial charge in [-0.1, -0.05) is 71.4 Å². The summed E-state index contributed by atoms with van der Waals surface area (Å²) in [6.45, 7) is 10.0. The van der Waals surface area contributed by atoms with Crippen LogP contribution in [0.3, 0.4) is 0 Å². The van der Waals surface area contributed by atoms with Crippen molar-refractivity contribution in [2.75, 3.05) is 27.8 Å². The van der Waals surface area contributed by atoms with Gasteiger partial charge in [-0.3, -0.25) is 14.4 Å². The lowest BCUT2D eigenvalue weighted by molar-refractivity contribution is -0.148. The van der Waals surface area contributed by atoms with Crippen molar-refractivity contribution < 1.29 is 33.8 Å². The van der Waals surface area contributed by atoms with Crippen molar-refractivity contribution in [1.82, 2.24) is 15.5 Å². The molecule has 0 radical (unpaired) electrons. The molecule has 1 aliphatic heterocycles. The lowest BCUT2D eigenvalue weighted by Crippen LogP contribution is -2.63. The first kappa shape index (κ1) is 37.3. The number of carbonyl (C=O) groups excluding carboxylic acids is 3. The van der Waals surface area contributed by atoms with E-state index in [-0.39, 0.29) is 36.4 Å². The quantitative estimate of drug-likeness (QED) is 0.194. The normalized spacial score (nSPS) is 21.5. The maximum atomic E-state index is 14.3. The molecule has 1 heterocycles. The second-order valence-electron chi connectivity index (χ2n) is 12.5. The van der Waals surface area contributed by atoms with Gasteiger partial charge in [0.25, 0.3) is 0 Å². The first-order valence-electron chi connectivity index (χ1n) is 15.7. The second kappa shape index (κ2) is 17.0. The van der Waals surface area contributed by atoms with Crippen molar-refractivity contribution in [2.45, 2.75) is 103 Å². The number of likely N-dealkylation sites (N-methyl/N-ethyl adjacent to an activating group) is 1. The van der Waals surface area contributed by atoms with E-state index >= 15 is 0 Å². The number of ether oxygens (including phenoxy) is 2. The first-order chi connectivity index (χ1) is 20.7. The number of rotatable bonds is 18. The number of nitrogens with zero attached hydrogens (tertiary/aromatic N) is 1. The van der Waals surface area contributed by atoms with E-state index in [4.69, 9.17) is 15.2 Å². The monoisotopic (exact) mass is 618 g/mol. The van der Waals surface area contributed by atoms with Crippen molar-refractivity contribution in [3.05, 3.63) is 35.9 Å². The average molecular weight is 619 g/mol. The number of hydrogen-bond acceptors (Lipinski definition) is 8. The van der Waals surface area contributed by atoms with Crippen LogP contribution < -0.4 is 16.4 Å². The van der Waals surface area contributed by atoms with E-state index in [1.165, 1.54) is 14.2 Å². The van der Waals surface area contributed by atoms with Crippen LogP contribution in [-0.2, 0) is 35.1 Å². The highest BCUT2D eigenvalue weighted by molar-refractivity contribution is 5.92. The molecule has 44 heavy (non-hydrogen) atoms. The number of amides is 2. The molecule has 0 spiro atoms. The third-order valence-electron chi connectivity index (χ3n) is 9.29. The third kappa shape index (κ3) is 8.87. The number of nitrogens with two attached hydrogens (primary N) is 1. The zero-order valence-electron chi connectivity index (χ0n) is 27.7. The maximum absolute atomic E-state index is 14.3. The molecule has 11 heteroatoms. The fourth-order valence-corrected chi connectivity index (χ4v) is 6.34. The van der Waals surface area contributed by atoms with Gasteiger partial charge >= 0.3 is 5.97 Å². The Hall–Kier alpha value is -2.86. The second-order valence-corrected chi connectivity index (χ2v) is 12.5. The predicted molar refractivity (Wildman–Crippen MR) is 169 cm³/mol. The van der Waals surface area contributed by atoms with Crippen molar-refractivity contribution in [1.29, 1.82) is 0 Å². The number of benzene rings is 1. The van der Waals surface area contributed by atoms with Gasteiger partial charge in [-0.15, -0.1) is 0 Å². The van der Waals surface area contributed by atoms with Gasteiger partial charge in [-0.2, -0.15) is 0 Å². The van der Waals surface area contributed by atoms with E-state index in [0.29, 0.717) is 19.4 Å². The molecular weight excluding hydrogens is 564 g/mol. The SMILES string of the molecule is CC[C@H](C)[C@@H]([C@@H](CC(=O)[C@@]1([C@H](OC)[C@@H](C)C(=O)N[C@@H](Cc2ccccc2)C(=O)O)CCCN1)OC)N(C)C(=O)[C@@H](N)C(C)C. The van der Waals surface area contributed by atoms with Crippen LogP contribution in [0.5, 0.6) is 0 Å². The summed E-state index contributed by atoms with van der Waals surface area (Å²) in [5, 5.41) is 15.8. The molecule has 0 bridgehead atoms. The van der Waals surface area contributed by atoms with Crippen LogP contribution >= 0.6 is 0 Å². The summed E-state index contributed by atoms with van der Waals surface area (Å²) in [5.41, 5.74) is 5.80. The fourth-order valence-electron chi connectivity index (χ4n) is 6.34. The maximum Gasteiger partial charge on any atom is 0.326 e. The topological polar surface area (TPSA) is 160 Å². The van der Waals surface area contributed by atoms with Crippen molar-refractivity contribution in [3.63, 3.8) is 0 Å². The summed E-state index contributed by atoms with van der Waals surface area (Å²) in [6, 6.07) is 6.83. The minimum atomic E-state index is -1.20. The number of methoxy groups -OCH3 is 2. The molecule has 1 aromatic carbocycles. The van der Waals surface area contributed by atoms with Crippen molar-refractivity contribution in [2.24, 2.45) is 23.5 Å². The first-order valence-corrected chi connectivity index (χ1v) is 15.7. The van der Waals surface area contributed by atoms with Crippen LogP contribution in [-0.4, -0.2) is 97.3 Å². The van der Waals surface area contributed by atoms with Gasteiger partial charge in [0.15, 0.2) is 5.78 Å². The summed E-state index contributed by atoms with van der Waals surface area (Å²) in [5.74, 6) is -2.97. The van der Waals surface area contributed by atoms with Gasteiger partial charge in [0.2, 0.25) is 11.8 Å². The molecule has 8 atom stereocenters.